The lowest BCUT2D eigenvalue weighted by atomic mass is 10.1. The van der Waals surface area contributed by atoms with Crippen LogP contribution in [0.1, 0.15) is 78.1 Å². The summed E-state index contributed by atoms with van der Waals surface area (Å²) in [4.78, 5) is 24.5. The number of aliphatic carboxylic acids is 1. The Balaban J connectivity index is 3.85. The summed E-state index contributed by atoms with van der Waals surface area (Å²) in [5.74, 6) is -1.03. The molecule has 5 nitrogen and oxygen atoms in total. The molecule has 0 amide bonds. The Hall–Kier alpha value is -1.36. The number of unbranched alkanes of at least 4 members (excludes halogenated alkanes) is 6. The third kappa shape index (κ3) is 17.3. The maximum absolute atomic E-state index is 11.6. The lowest BCUT2D eigenvalue weighted by Gasteiger charge is -2.19. The Kier molecular flexibility index (Phi) is 16.5. The molecule has 0 atom stereocenters. The number of nitrogens with zero attached hydrogens (tertiary/aromatic N) is 1. The van der Waals surface area contributed by atoms with E-state index in [0.29, 0.717) is 26.0 Å². The average molecular weight is 356 g/mol. The molecule has 0 rings (SSSR count). The van der Waals surface area contributed by atoms with Gasteiger partial charge in [-0.1, -0.05) is 64.5 Å². The molecule has 0 aliphatic heterocycles. The quantitative estimate of drug-likeness (QED) is 0.238. The molecule has 25 heavy (non-hydrogen) atoms. The number of carbonyl (C=O) groups is 2. The van der Waals surface area contributed by atoms with E-state index in [2.05, 4.69) is 6.92 Å². The minimum Gasteiger partial charge on any atom is -0.480 e. The zero-order chi connectivity index (χ0) is 18.8. The molecule has 0 aromatic rings. The lowest BCUT2D eigenvalue weighted by molar-refractivity contribution is -0.142. The first-order chi connectivity index (χ1) is 12.1. The van der Waals surface area contributed by atoms with E-state index in [1.54, 1.807) is 0 Å². The van der Waals surface area contributed by atoms with Gasteiger partial charge >= 0.3 is 11.9 Å². The molecular formula is C20H37NO4. The van der Waals surface area contributed by atoms with Gasteiger partial charge in [0.25, 0.3) is 0 Å². The SMILES string of the molecule is CC/C=C\COC(=O)CCCN(CCCCCCCCC)CC(=O)O. The van der Waals surface area contributed by atoms with Crippen molar-refractivity contribution < 1.29 is 19.4 Å². The van der Waals surface area contributed by atoms with Crippen molar-refractivity contribution in [2.45, 2.75) is 78.1 Å². The summed E-state index contributed by atoms with van der Waals surface area (Å²) in [6, 6.07) is 0. The Morgan fingerprint density at radius 2 is 1.56 bits per heavy atom. The van der Waals surface area contributed by atoms with E-state index in [1.165, 1.54) is 32.1 Å². The van der Waals surface area contributed by atoms with Crippen molar-refractivity contribution >= 4 is 11.9 Å². The van der Waals surface area contributed by atoms with Gasteiger partial charge < -0.3 is 9.84 Å². The molecule has 0 aromatic carbocycles. The molecule has 0 heterocycles. The fourth-order valence-electron chi connectivity index (χ4n) is 2.65. The van der Waals surface area contributed by atoms with Crippen molar-refractivity contribution in [1.29, 1.82) is 0 Å². The van der Waals surface area contributed by atoms with Crippen molar-refractivity contribution in [3.8, 4) is 0 Å². The number of carbonyl (C=O) groups excluding carboxylic acids is 1. The standard InChI is InChI=1S/C20H37NO4/c1-3-5-7-8-9-10-11-15-21(18-19(22)23)16-13-14-20(24)25-17-12-6-4-2/h6,12H,3-5,7-11,13-18H2,1-2H3,(H,22,23)/b12-6-. The van der Waals surface area contributed by atoms with E-state index in [0.717, 1.165) is 25.8 Å². The minimum atomic E-state index is -0.810. The lowest BCUT2D eigenvalue weighted by Crippen LogP contribution is -2.32. The number of hydrogen-bond acceptors (Lipinski definition) is 4. The van der Waals surface area contributed by atoms with Crippen LogP contribution in [0, 0.1) is 0 Å². The zero-order valence-electron chi connectivity index (χ0n) is 16.2. The molecule has 0 aliphatic rings. The number of carboxylic acid groups (broad SMARTS) is 1. The van der Waals surface area contributed by atoms with Crippen molar-refractivity contribution in [3.05, 3.63) is 12.2 Å². The number of ether oxygens (including phenoxy) is 1. The van der Waals surface area contributed by atoms with Crippen LogP contribution in [-0.2, 0) is 14.3 Å². The van der Waals surface area contributed by atoms with Crippen LogP contribution in [0.3, 0.4) is 0 Å². The van der Waals surface area contributed by atoms with Gasteiger partial charge in [0, 0.05) is 6.42 Å². The Bertz CT molecular complexity index is 369. The molecule has 0 saturated carbocycles. The molecule has 5 heteroatoms. The van der Waals surface area contributed by atoms with Crippen molar-refractivity contribution in [1.82, 2.24) is 4.90 Å². The predicted octanol–water partition coefficient (Wildman–Crippen LogP) is 4.41. The molecule has 1 N–H and O–H groups in total. The minimum absolute atomic E-state index is 0.0458. The van der Waals surface area contributed by atoms with Gasteiger partial charge in [-0.15, -0.1) is 0 Å². The highest BCUT2D eigenvalue weighted by Crippen LogP contribution is 2.08. The van der Waals surface area contributed by atoms with Crippen LogP contribution in [0.2, 0.25) is 0 Å². The summed E-state index contributed by atoms with van der Waals surface area (Å²) >= 11 is 0. The molecule has 0 radical (unpaired) electrons. The van der Waals surface area contributed by atoms with Crippen LogP contribution in [0.5, 0.6) is 0 Å². The predicted molar refractivity (Wildman–Crippen MR) is 102 cm³/mol. The van der Waals surface area contributed by atoms with Crippen molar-refractivity contribution in [2.75, 3.05) is 26.2 Å². The first-order valence-electron chi connectivity index (χ1n) is 9.84. The Morgan fingerprint density at radius 3 is 2.20 bits per heavy atom. The average Bonchev–Trinajstić information content (AvgIpc) is 2.57. The second-order valence-electron chi connectivity index (χ2n) is 6.46. The fourth-order valence-corrected chi connectivity index (χ4v) is 2.65. The molecule has 0 bridgehead atoms. The molecule has 146 valence electrons. The number of carboxylic acids is 1. The van der Waals surface area contributed by atoms with E-state index < -0.39 is 5.97 Å². The second kappa shape index (κ2) is 17.5. The van der Waals surface area contributed by atoms with Gasteiger partial charge in [0.15, 0.2) is 0 Å². The third-order valence-electron chi connectivity index (χ3n) is 4.03. The fraction of sp³-hybridized carbons (Fsp3) is 0.800. The third-order valence-corrected chi connectivity index (χ3v) is 4.03. The second-order valence-corrected chi connectivity index (χ2v) is 6.46. The molecular weight excluding hydrogens is 318 g/mol. The van der Waals surface area contributed by atoms with Crippen LogP contribution in [-0.4, -0.2) is 48.2 Å². The van der Waals surface area contributed by atoms with Gasteiger partial charge in [0.05, 0.1) is 6.54 Å². The van der Waals surface area contributed by atoms with Crippen LogP contribution in [0.25, 0.3) is 0 Å². The number of hydrogen-bond donors (Lipinski definition) is 1. The Labute approximate surface area is 153 Å². The van der Waals surface area contributed by atoms with Crippen LogP contribution < -0.4 is 0 Å². The molecule has 0 unspecified atom stereocenters. The van der Waals surface area contributed by atoms with Crippen molar-refractivity contribution in [3.63, 3.8) is 0 Å². The summed E-state index contributed by atoms with van der Waals surface area (Å²) in [6.45, 7) is 6.02. The number of rotatable bonds is 17. The molecule has 0 spiro atoms. The first kappa shape index (κ1) is 23.6. The highest BCUT2D eigenvalue weighted by Gasteiger charge is 2.10. The maximum atomic E-state index is 11.6. The van der Waals surface area contributed by atoms with E-state index in [-0.39, 0.29) is 12.5 Å². The zero-order valence-corrected chi connectivity index (χ0v) is 16.2. The van der Waals surface area contributed by atoms with E-state index in [9.17, 15) is 9.59 Å². The number of esters is 1. The first-order valence-corrected chi connectivity index (χ1v) is 9.84. The van der Waals surface area contributed by atoms with Crippen molar-refractivity contribution in [2.24, 2.45) is 0 Å². The van der Waals surface area contributed by atoms with E-state index in [4.69, 9.17) is 9.84 Å². The molecule has 0 aromatic heterocycles. The smallest absolute Gasteiger partial charge is 0.317 e. The highest BCUT2D eigenvalue weighted by atomic mass is 16.5. The highest BCUT2D eigenvalue weighted by molar-refractivity contribution is 5.69. The molecule has 0 fully saturated rings. The van der Waals surface area contributed by atoms with Gasteiger partial charge in [-0.25, -0.2) is 0 Å². The van der Waals surface area contributed by atoms with Crippen LogP contribution in [0.15, 0.2) is 12.2 Å². The monoisotopic (exact) mass is 355 g/mol. The summed E-state index contributed by atoms with van der Waals surface area (Å²) in [5, 5.41) is 9.02. The molecule has 0 saturated heterocycles. The van der Waals surface area contributed by atoms with Gasteiger partial charge in [-0.05, 0) is 32.4 Å². The van der Waals surface area contributed by atoms with Gasteiger partial charge in [0.1, 0.15) is 6.61 Å². The maximum Gasteiger partial charge on any atom is 0.317 e. The van der Waals surface area contributed by atoms with Gasteiger partial charge in [0.2, 0.25) is 0 Å². The summed E-state index contributed by atoms with van der Waals surface area (Å²) in [7, 11) is 0. The molecule has 0 aliphatic carbocycles. The van der Waals surface area contributed by atoms with Gasteiger partial charge in [-0.3, -0.25) is 14.5 Å². The van der Waals surface area contributed by atoms with E-state index in [1.807, 2.05) is 24.0 Å². The van der Waals surface area contributed by atoms with Crippen LogP contribution in [0.4, 0.5) is 0 Å². The van der Waals surface area contributed by atoms with Crippen LogP contribution >= 0.6 is 0 Å². The van der Waals surface area contributed by atoms with Gasteiger partial charge in [-0.2, -0.15) is 0 Å². The summed E-state index contributed by atoms with van der Waals surface area (Å²) < 4.78 is 5.09. The summed E-state index contributed by atoms with van der Waals surface area (Å²) in [6.07, 6.45) is 14.2. The van der Waals surface area contributed by atoms with E-state index >= 15 is 0 Å². The largest absolute Gasteiger partial charge is 0.480 e. The Morgan fingerprint density at radius 1 is 0.920 bits per heavy atom. The summed E-state index contributed by atoms with van der Waals surface area (Å²) in [5.41, 5.74) is 0. The topological polar surface area (TPSA) is 66.8 Å². The number of allylic oxidation sites excluding steroid dienone is 1. The normalized spacial score (nSPS) is 11.3.